The summed E-state index contributed by atoms with van der Waals surface area (Å²) in [4.78, 5) is 25.3. The van der Waals surface area contributed by atoms with Crippen molar-refractivity contribution in [3.05, 3.63) is 11.1 Å². The molecule has 0 aliphatic carbocycles. The van der Waals surface area contributed by atoms with Gasteiger partial charge in [-0.2, -0.15) is 0 Å². The highest BCUT2D eigenvalue weighted by Crippen LogP contribution is 2.39. The van der Waals surface area contributed by atoms with Crippen molar-refractivity contribution in [2.24, 2.45) is 5.41 Å². The number of esters is 2. The molecule has 0 unspecified atom stereocenters. The van der Waals surface area contributed by atoms with Crippen LogP contribution < -0.4 is 0 Å². The summed E-state index contributed by atoms with van der Waals surface area (Å²) >= 11 is 3.25. The molecular weight excluding hydrogens is 380 g/mol. The number of ether oxygens (including phenoxy) is 4. The van der Waals surface area contributed by atoms with E-state index in [0.717, 1.165) is 6.42 Å². The lowest BCUT2D eigenvalue weighted by Gasteiger charge is -2.37. The molecule has 1 heterocycles. The van der Waals surface area contributed by atoms with Gasteiger partial charge in [0, 0.05) is 12.8 Å². The highest BCUT2D eigenvalue weighted by molar-refractivity contribution is 9.11. The van der Waals surface area contributed by atoms with Crippen molar-refractivity contribution in [1.29, 1.82) is 0 Å². The molecule has 0 bridgehead atoms. The molecule has 0 saturated carbocycles. The minimum absolute atomic E-state index is 0.0178. The molecule has 0 aromatic rings. The largest absolute Gasteiger partial charge is 0.465 e. The minimum Gasteiger partial charge on any atom is -0.465 e. The fraction of sp³-hybridized carbons (Fsp3) is 0.765. The first-order valence-electron chi connectivity index (χ1n) is 8.23. The number of carbonyl (C=O) groups is 2. The highest BCUT2D eigenvalue weighted by atomic mass is 79.9. The molecule has 0 spiro atoms. The van der Waals surface area contributed by atoms with Gasteiger partial charge in [-0.15, -0.1) is 0 Å². The van der Waals surface area contributed by atoms with Gasteiger partial charge in [-0.05, 0) is 38.6 Å². The molecule has 1 saturated heterocycles. The van der Waals surface area contributed by atoms with E-state index < -0.39 is 23.6 Å². The first kappa shape index (κ1) is 21.1. The zero-order chi connectivity index (χ0) is 18.3. The van der Waals surface area contributed by atoms with Gasteiger partial charge in [-0.25, -0.2) is 0 Å². The number of carbonyl (C=O) groups excluding carboxylic acids is 2. The molecular formula is C17H27BrO6. The molecule has 0 amide bonds. The van der Waals surface area contributed by atoms with Crippen molar-refractivity contribution in [3.63, 3.8) is 0 Å². The van der Waals surface area contributed by atoms with E-state index in [-0.39, 0.29) is 38.3 Å². The summed E-state index contributed by atoms with van der Waals surface area (Å²) in [7, 11) is 0. The van der Waals surface area contributed by atoms with Crippen molar-refractivity contribution in [2.75, 3.05) is 13.2 Å². The summed E-state index contributed by atoms with van der Waals surface area (Å²) < 4.78 is 22.4. The number of halogens is 1. The Morgan fingerprint density at radius 1 is 1.12 bits per heavy atom. The second-order valence-electron chi connectivity index (χ2n) is 5.98. The Labute approximate surface area is 152 Å². The smallest absolute Gasteiger partial charge is 0.324 e. The van der Waals surface area contributed by atoms with Crippen LogP contribution in [0.4, 0.5) is 0 Å². The van der Waals surface area contributed by atoms with Crippen LogP contribution in [0.25, 0.3) is 0 Å². The SMILES string of the molecule is C=C(Br)CC(CC1O[C@@H](C)C[C@H](C)O1)(C(=O)OCC)C(=O)OCC. The maximum absolute atomic E-state index is 12.7. The lowest BCUT2D eigenvalue weighted by atomic mass is 9.80. The van der Waals surface area contributed by atoms with Gasteiger partial charge in [0.05, 0.1) is 25.4 Å². The summed E-state index contributed by atoms with van der Waals surface area (Å²) in [6, 6.07) is 0. The number of rotatable bonds is 8. The molecule has 1 rings (SSSR count). The average Bonchev–Trinajstić information content (AvgIpc) is 2.45. The topological polar surface area (TPSA) is 71.1 Å². The van der Waals surface area contributed by atoms with Gasteiger partial charge in [0.15, 0.2) is 11.7 Å². The van der Waals surface area contributed by atoms with Crippen molar-refractivity contribution in [1.82, 2.24) is 0 Å². The van der Waals surface area contributed by atoms with Crippen LogP contribution in [0, 0.1) is 5.41 Å². The van der Waals surface area contributed by atoms with Crippen LogP contribution in [0.15, 0.2) is 11.1 Å². The molecule has 1 aliphatic heterocycles. The van der Waals surface area contributed by atoms with Crippen LogP contribution in [-0.4, -0.2) is 43.7 Å². The minimum atomic E-state index is -1.55. The lowest BCUT2D eigenvalue weighted by Crippen LogP contribution is -2.48. The first-order chi connectivity index (χ1) is 11.2. The third-order valence-electron chi connectivity index (χ3n) is 3.77. The summed E-state index contributed by atoms with van der Waals surface area (Å²) in [5.74, 6) is -1.30. The molecule has 0 radical (unpaired) electrons. The summed E-state index contributed by atoms with van der Waals surface area (Å²) in [6.07, 6.45) is 0.0964. The van der Waals surface area contributed by atoms with Gasteiger partial charge in [0.2, 0.25) is 0 Å². The van der Waals surface area contributed by atoms with Crippen LogP contribution in [-0.2, 0) is 28.5 Å². The van der Waals surface area contributed by atoms with E-state index in [2.05, 4.69) is 22.5 Å². The summed E-state index contributed by atoms with van der Waals surface area (Å²) in [5.41, 5.74) is -1.55. The summed E-state index contributed by atoms with van der Waals surface area (Å²) in [6.45, 7) is 11.3. The van der Waals surface area contributed by atoms with E-state index in [4.69, 9.17) is 18.9 Å². The molecule has 24 heavy (non-hydrogen) atoms. The van der Waals surface area contributed by atoms with Gasteiger partial charge in [0.1, 0.15) is 0 Å². The van der Waals surface area contributed by atoms with E-state index in [1.807, 2.05) is 13.8 Å². The molecule has 1 aliphatic rings. The average molecular weight is 407 g/mol. The molecule has 6 nitrogen and oxygen atoms in total. The predicted octanol–water partition coefficient (Wildman–Crippen LogP) is 3.33. The van der Waals surface area contributed by atoms with Gasteiger partial charge in [-0.1, -0.05) is 22.5 Å². The van der Waals surface area contributed by atoms with Crippen molar-refractivity contribution in [2.45, 2.75) is 65.5 Å². The second-order valence-corrected chi connectivity index (χ2v) is 7.10. The Hall–Kier alpha value is -0.920. The Kier molecular flexibility index (Phi) is 8.39. The Morgan fingerprint density at radius 3 is 1.96 bits per heavy atom. The van der Waals surface area contributed by atoms with Crippen LogP contribution in [0.5, 0.6) is 0 Å². The Bertz CT molecular complexity index is 436. The molecule has 0 aromatic heterocycles. The Morgan fingerprint density at radius 2 is 1.58 bits per heavy atom. The van der Waals surface area contributed by atoms with Crippen LogP contribution in [0.2, 0.25) is 0 Å². The molecule has 0 aromatic carbocycles. The number of hydrogen-bond donors (Lipinski definition) is 0. The third-order valence-corrected chi connectivity index (χ3v) is 4.05. The quantitative estimate of drug-likeness (QED) is 0.454. The van der Waals surface area contributed by atoms with Gasteiger partial charge in [0.25, 0.3) is 0 Å². The van der Waals surface area contributed by atoms with E-state index in [0.29, 0.717) is 4.48 Å². The normalized spacial score (nSPS) is 24.3. The maximum atomic E-state index is 12.7. The zero-order valence-corrected chi connectivity index (χ0v) is 16.4. The second kappa shape index (κ2) is 9.53. The monoisotopic (exact) mass is 406 g/mol. The van der Waals surface area contributed by atoms with Crippen molar-refractivity contribution >= 4 is 27.9 Å². The van der Waals surface area contributed by atoms with E-state index in [1.165, 1.54) is 0 Å². The van der Waals surface area contributed by atoms with Crippen LogP contribution >= 0.6 is 15.9 Å². The van der Waals surface area contributed by atoms with Gasteiger partial charge >= 0.3 is 11.9 Å². The lowest BCUT2D eigenvalue weighted by molar-refractivity contribution is -0.248. The van der Waals surface area contributed by atoms with Gasteiger partial charge < -0.3 is 18.9 Å². The van der Waals surface area contributed by atoms with Crippen LogP contribution in [0.1, 0.15) is 47.0 Å². The number of allylic oxidation sites excluding steroid dienone is 1. The number of hydrogen-bond acceptors (Lipinski definition) is 6. The molecule has 7 heteroatoms. The first-order valence-corrected chi connectivity index (χ1v) is 9.03. The maximum Gasteiger partial charge on any atom is 0.324 e. The molecule has 1 fully saturated rings. The van der Waals surface area contributed by atoms with Crippen LogP contribution in [0.3, 0.4) is 0 Å². The fourth-order valence-electron chi connectivity index (χ4n) is 2.84. The standard InChI is InChI=1S/C17H27BrO6/c1-6-21-15(19)17(9-11(3)18,16(20)22-7-2)10-14-23-12(4)8-13(5)24-14/h12-14H,3,6-10H2,1-2,4-5H3/t12-,13-/m0/s1. The molecule has 2 atom stereocenters. The molecule has 0 N–H and O–H groups in total. The van der Waals surface area contributed by atoms with Crippen molar-refractivity contribution < 1.29 is 28.5 Å². The van der Waals surface area contributed by atoms with Crippen molar-refractivity contribution in [3.8, 4) is 0 Å². The van der Waals surface area contributed by atoms with Gasteiger partial charge in [-0.3, -0.25) is 9.59 Å². The van der Waals surface area contributed by atoms with E-state index >= 15 is 0 Å². The summed E-state index contributed by atoms with van der Waals surface area (Å²) in [5, 5.41) is 0. The van der Waals surface area contributed by atoms with E-state index in [1.54, 1.807) is 13.8 Å². The fourth-order valence-corrected chi connectivity index (χ4v) is 3.32. The Balaban J connectivity index is 3.14. The zero-order valence-electron chi connectivity index (χ0n) is 14.8. The predicted molar refractivity (Wildman–Crippen MR) is 92.5 cm³/mol. The van der Waals surface area contributed by atoms with E-state index in [9.17, 15) is 9.59 Å². The molecule has 138 valence electrons. The highest BCUT2D eigenvalue weighted by Gasteiger charge is 2.51. The third kappa shape index (κ3) is 5.57.